The first kappa shape index (κ1) is 11.9. The van der Waals surface area contributed by atoms with Crippen LogP contribution in [0.4, 0.5) is 0 Å². The van der Waals surface area contributed by atoms with Gasteiger partial charge in [0.25, 0.3) is 5.91 Å². The van der Waals surface area contributed by atoms with Crippen molar-refractivity contribution in [3.63, 3.8) is 0 Å². The maximum atomic E-state index is 12.4. The molecule has 104 valence electrons. The molecule has 5 heteroatoms. The molecule has 5 heterocycles. The highest BCUT2D eigenvalue weighted by Gasteiger charge is 2.35. The molecule has 3 aliphatic heterocycles. The smallest absolute Gasteiger partial charge is 0.270 e. The summed E-state index contributed by atoms with van der Waals surface area (Å²) in [6, 6.07) is 4.10. The maximum Gasteiger partial charge on any atom is 0.270 e. The van der Waals surface area contributed by atoms with Crippen molar-refractivity contribution in [1.82, 2.24) is 20.2 Å². The molecule has 1 amide bonds. The summed E-state index contributed by atoms with van der Waals surface area (Å²) < 4.78 is 0. The van der Waals surface area contributed by atoms with Crippen LogP contribution in [0.1, 0.15) is 23.3 Å². The average molecular weight is 270 g/mol. The van der Waals surface area contributed by atoms with E-state index in [9.17, 15) is 4.79 Å². The van der Waals surface area contributed by atoms with E-state index in [-0.39, 0.29) is 11.9 Å². The number of pyridine rings is 1. The van der Waals surface area contributed by atoms with Gasteiger partial charge in [-0.1, -0.05) is 0 Å². The molecule has 3 fully saturated rings. The lowest BCUT2D eigenvalue weighted by Gasteiger charge is -2.44. The highest BCUT2D eigenvalue weighted by molar-refractivity contribution is 5.96. The monoisotopic (exact) mass is 270 g/mol. The molecule has 1 atom stereocenters. The van der Waals surface area contributed by atoms with Crippen molar-refractivity contribution in [2.45, 2.75) is 18.9 Å². The van der Waals surface area contributed by atoms with Gasteiger partial charge >= 0.3 is 0 Å². The van der Waals surface area contributed by atoms with E-state index >= 15 is 0 Å². The van der Waals surface area contributed by atoms with Gasteiger partial charge in [-0.25, -0.2) is 4.98 Å². The number of carbonyl (C=O) groups excluding carboxylic acids is 1. The Morgan fingerprint density at radius 1 is 1.40 bits per heavy atom. The molecular weight excluding hydrogens is 252 g/mol. The fourth-order valence-electron chi connectivity index (χ4n) is 3.45. The number of rotatable bonds is 2. The molecular formula is C15H18N4O. The van der Waals surface area contributed by atoms with Crippen molar-refractivity contribution >= 4 is 16.8 Å². The Kier molecular flexibility index (Phi) is 2.73. The van der Waals surface area contributed by atoms with E-state index in [1.807, 2.05) is 18.3 Å². The van der Waals surface area contributed by atoms with E-state index in [4.69, 9.17) is 0 Å². The van der Waals surface area contributed by atoms with Gasteiger partial charge in [-0.3, -0.25) is 4.79 Å². The van der Waals surface area contributed by atoms with Crippen LogP contribution in [0, 0.1) is 5.92 Å². The van der Waals surface area contributed by atoms with Crippen molar-refractivity contribution < 1.29 is 4.79 Å². The van der Waals surface area contributed by atoms with Crippen molar-refractivity contribution in [3.8, 4) is 0 Å². The van der Waals surface area contributed by atoms with Gasteiger partial charge in [0.2, 0.25) is 0 Å². The quantitative estimate of drug-likeness (QED) is 0.867. The van der Waals surface area contributed by atoms with E-state index in [1.54, 1.807) is 6.20 Å². The van der Waals surface area contributed by atoms with Crippen LogP contribution in [-0.2, 0) is 0 Å². The molecule has 3 saturated heterocycles. The van der Waals surface area contributed by atoms with E-state index in [2.05, 4.69) is 20.2 Å². The molecule has 2 N–H and O–H groups in total. The topological polar surface area (TPSA) is 61.0 Å². The van der Waals surface area contributed by atoms with Gasteiger partial charge < -0.3 is 15.2 Å². The van der Waals surface area contributed by atoms with Gasteiger partial charge in [0.05, 0.1) is 11.7 Å². The minimum absolute atomic E-state index is 0.0492. The Morgan fingerprint density at radius 3 is 3.00 bits per heavy atom. The third kappa shape index (κ3) is 1.98. The second-order valence-electron chi connectivity index (χ2n) is 5.85. The molecule has 2 bridgehead atoms. The van der Waals surface area contributed by atoms with Crippen LogP contribution in [0.5, 0.6) is 0 Å². The molecule has 3 aliphatic rings. The first-order valence-corrected chi connectivity index (χ1v) is 7.26. The van der Waals surface area contributed by atoms with Crippen LogP contribution in [0.3, 0.4) is 0 Å². The zero-order valence-corrected chi connectivity index (χ0v) is 11.3. The van der Waals surface area contributed by atoms with E-state index < -0.39 is 0 Å². The second kappa shape index (κ2) is 4.59. The number of aromatic amines is 1. The number of H-pyrrole nitrogens is 1. The average Bonchev–Trinajstić information content (AvgIpc) is 2.96. The zero-order valence-electron chi connectivity index (χ0n) is 11.3. The van der Waals surface area contributed by atoms with E-state index in [0.29, 0.717) is 11.6 Å². The van der Waals surface area contributed by atoms with Gasteiger partial charge in [-0.05, 0) is 44.0 Å². The normalized spacial score (nSPS) is 28.7. The van der Waals surface area contributed by atoms with Crippen LogP contribution in [-0.4, -0.2) is 46.5 Å². The van der Waals surface area contributed by atoms with Crippen LogP contribution in [0.15, 0.2) is 24.5 Å². The number of amides is 1. The molecule has 5 rings (SSSR count). The van der Waals surface area contributed by atoms with Gasteiger partial charge in [0, 0.05) is 24.2 Å². The first-order valence-electron chi connectivity index (χ1n) is 7.26. The van der Waals surface area contributed by atoms with Gasteiger partial charge in [-0.15, -0.1) is 0 Å². The number of carbonyl (C=O) groups is 1. The lowest BCUT2D eigenvalue weighted by molar-refractivity contribution is 0.0618. The molecule has 0 saturated carbocycles. The van der Waals surface area contributed by atoms with Crippen molar-refractivity contribution in [2.24, 2.45) is 5.92 Å². The minimum atomic E-state index is -0.0492. The fourth-order valence-corrected chi connectivity index (χ4v) is 3.45. The molecule has 5 nitrogen and oxygen atoms in total. The fraction of sp³-hybridized carbons (Fsp3) is 0.467. The second-order valence-corrected chi connectivity index (χ2v) is 5.85. The molecule has 0 aromatic carbocycles. The summed E-state index contributed by atoms with van der Waals surface area (Å²) >= 11 is 0. The van der Waals surface area contributed by atoms with Crippen molar-refractivity contribution in [2.75, 3.05) is 19.6 Å². The summed E-state index contributed by atoms with van der Waals surface area (Å²) in [7, 11) is 0. The number of nitrogens with one attached hydrogen (secondary N) is 2. The van der Waals surface area contributed by atoms with Crippen molar-refractivity contribution in [3.05, 3.63) is 30.2 Å². The highest BCUT2D eigenvalue weighted by atomic mass is 16.1. The SMILES string of the molecule is O=C(N[C@@H]1CN2CCC1CC2)c1cc2cc[nH]c2cn1. The first-order chi connectivity index (χ1) is 9.79. The van der Waals surface area contributed by atoms with Crippen LogP contribution < -0.4 is 5.32 Å². The highest BCUT2D eigenvalue weighted by Crippen LogP contribution is 2.27. The maximum absolute atomic E-state index is 12.4. The van der Waals surface area contributed by atoms with Crippen molar-refractivity contribution in [1.29, 1.82) is 0 Å². The molecule has 2 aromatic heterocycles. The van der Waals surface area contributed by atoms with E-state index in [1.165, 1.54) is 25.9 Å². The van der Waals surface area contributed by atoms with E-state index in [0.717, 1.165) is 17.4 Å². The van der Waals surface area contributed by atoms with Crippen LogP contribution in [0.25, 0.3) is 10.9 Å². The minimum Gasteiger partial charge on any atom is -0.360 e. The summed E-state index contributed by atoms with van der Waals surface area (Å²) in [6.07, 6.45) is 5.99. The molecule has 0 radical (unpaired) electrons. The number of aromatic nitrogens is 2. The zero-order chi connectivity index (χ0) is 13.5. The lowest BCUT2D eigenvalue weighted by atomic mass is 9.84. The number of piperidine rings is 3. The molecule has 0 unspecified atom stereocenters. The van der Waals surface area contributed by atoms with Gasteiger partial charge in [0.1, 0.15) is 5.69 Å². The Hall–Kier alpha value is -1.88. The summed E-state index contributed by atoms with van der Waals surface area (Å²) in [4.78, 5) is 22.1. The Morgan fingerprint density at radius 2 is 2.25 bits per heavy atom. The largest absolute Gasteiger partial charge is 0.360 e. The lowest BCUT2D eigenvalue weighted by Crippen LogP contribution is -2.57. The molecule has 0 aliphatic carbocycles. The van der Waals surface area contributed by atoms with Gasteiger partial charge in [0.15, 0.2) is 0 Å². The summed E-state index contributed by atoms with van der Waals surface area (Å²) in [5.41, 5.74) is 1.47. The third-order valence-corrected chi connectivity index (χ3v) is 4.64. The Labute approximate surface area is 117 Å². The number of hydrogen-bond acceptors (Lipinski definition) is 3. The molecule has 2 aromatic rings. The standard InChI is InChI=1S/C15H18N4O/c20-15(12-7-11-1-4-16-13(11)8-17-12)18-14-9-19-5-2-10(14)3-6-19/h1,4,7-8,10,14,16H,2-3,5-6,9H2,(H,18,20)/t14-/m1/s1. The molecule has 0 spiro atoms. The number of nitrogens with zero attached hydrogens (tertiary/aromatic N) is 2. The Bertz CT molecular complexity index is 642. The number of hydrogen-bond donors (Lipinski definition) is 2. The van der Waals surface area contributed by atoms with Gasteiger partial charge in [-0.2, -0.15) is 0 Å². The predicted molar refractivity (Wildman–Crippen MR) is 76.5 cm³/mol. The summed E-state index contributed by atoms with van der Waals surface area (Å²) in [5, 5.41) is 4.20. The van der Waals surface area contributed by atoms with Crippen LogP contribution in [0.2, 0.25) is 0 Å². The summed E-state index contributed by atoms with van der Waals surface area (Å²) in [6.45, 7) is 3.36. The van der Waals surface area contributed by atoms with Crippen LogP contribution >= 0.6 is 0 Å². The number of fused-ring (bicyclic) bond motifs is 4. The summed E-state index contributed by atoms with van der Waals surface area (Å²) in [5.74, 6) is 0.590. The Balaban J connectivity index is 1.52. The molecule has 20 heavy (non-hydrogen) atoms. The third-order valence-electron chi connectivity index (χ3n) is 4.64. The predicted octanol–water partition coefficient (Wildman–Crippen LogP) is 1.39.